The van der Waals surface area contributed by atoms with Gasteiger partial charge in [0, 0.05) is 13.1 Å². The lowest BCUT2D eigenvalue weighted by Crippen LogP contribution is -2.29. The van der Waals surface area contributed by atoms with Gasteiger partial charge in [0.15, 0.2) is 0 Å². The topological polar surface area (TPSA) is 66.8 Å². The molecule has 1 heterocycles. The Morgan fingerprint density at radius 2 is 2.06 bits per heavy atom. The van der Waals surface area contributed by atoms with Crippen molar-refractivity contribution in [1.82, 2.24) is 4.90 Å². The summed E-state index contributed by atoms with van der Waals surface area (Å²) >= 11 is 0. The fraction of sp³-hybridized carbons (Fsp3) is 0.818. The molecule has 1 aliphatic heterocycles. The van der Waals surface area contributed by atoms with Crippen LogP contribution in [0.2, 0.25) is 0 Å². The molecule has 1 unspecified atom stereocenters. The van der Waals surface area contributed by atoms with Crippen molar-refractivity contribution in [3.05, 3.63) is 0 Å². The summed E-state index contributed by atoms with van der Waals surface area (Å²) in [4.78, 5) is 23.5. The van der Waals surface area contributed by atoms with E-state index in [4.69, 9.17) is 9.84 Å². The van der Waals surface area contributed by atoms with E-state index in [1.807, 2.05) is 20.8 Å². The highest BCUT2D eigenvalue weighted by atomic mass is 16.5. The highest BCUT2D eigenvalue weighted by molar-refractivity contribution is 5.75. The van der Waals surface area contributed by atoms with E-state index in [9.17, 15) is 9.59 Å². The van der Waals surface area contributed by atoms with Crippen molar-refractivity contribution in [2.45, 2.75) is 27.2 Å². The third-order valence-corrected chi connectivity index (χ3v) is 2.44. The van der Waals surface area contributed by atoms with Crippen molar-refractivity contribution in [3.63, 3.8) is 0 Å². The molecule has 5 heteroatoms. The van der Waals surface area contributed by atoms with Crippen molar-refractivity contribution < 1.29 is 19.4 Å². The first-order valence-corrected chi connectivity index (χ1v) is 5.44. The minimum absolute atomic E-state index is 0.0548. The first-order valence-electron chi connectivity index (χ1n) is 5.44. The Balaban J connectivity index is 2.37. The fourth-order valence-electron chi connectivity index (χ4n) is 1.53. The van der Waals surface area contributed by atoms with E-state index in [2.05, 4.69) is 0 Å². The standard InChI is InChI=1S/C11H19NO4/c1-11(2,3)7-16-9(13)8-4-5-12(6-8)10(14)15/h8H,4-7H2,1-3H3,(H,14,15). The van der Waals surface area contributed by atoms with Gasteiger partial charge in [0.2, 0.25) is 0 Å². The highest BCUT2D eigenvalue weighted by Crippen LogP contribution is 2.20. The number of nitrogens with zero attached hydrogens (tertiary/aromatic N) is 1. The molecule has 0 bridgehead atoms. The molecule has 1 atom stereocenters. The molecule has 1 aliphatic rings. The van der Waals surface area contributed by atoms with E-state index in [0.717, 1.165) is 0 Å². The molecule has 1 saturated heterocycles. The number of carbonyl (C=O) groups is 2. The average Bonchev–Trinajstić information content (AvgIpc) is 2.61. The second-order valence-corrected chi connectivity index (χ2v) is 5.38. The van der Waals surface area contributed by atoms with Crippen molar-refractivity contribution in [2.75, 3.05) is 19.7 Å². The number of esters is 1. The van der Waals surface area contributed by atoms with Crippen LogP contribution in [0, 0.1) is 11.3 Å². The second-order valence-electron chi connectivity index (χ2n) is 5.38. The van der Waals surface area contributed by atoms with Crippen molar-refractivity contribution >= 4 is 12.1 Å². The lowest BCUT2D eigenvalue weighted by Gasteiger charge is -2.19. The van der Waals surface area contributed by atoms with Crippen LogP contribution in [-0.4, -0.2) is 41.8 Å². The number of likely N-dealkylation sites (tertiary alicyclic amines) is 1. The van der Waals surface area contributed by atoms with Gasteiger partial charge in [0.1, 0.15) is 0 Å². The minimum atomic E-state index is -0.967. The van der Waals surface area contributed by atoms with Crippen LogP contribution < -0.4 is 0 Å². The van der Waals surface area contributed by atoms with E-state index in [-0.39, 0.29) is 23.8 Å². The van der Waals surface area contributed by atoms with Gasteiger partial charge in [-0.15, -0.1) is 0 Å². The van der Waals surface area contributed by atoms with E-state index < -0.39 is 6.09 Å². The Bertz CT molecular complexity index is 282. The molecule has 16 heavy (non-hydrogen) atoms. The summed E-state index contributed by atoms with van der Waals surface area (Å²) in [5, 5.41) is 8.75. The van der Waals surface area contributed by atoms with E-state index in [0.29, 0.717) is 19.6 Å². The molecule has 0 aliphatic carbocycles. The molecular formula is C11H19NO4. The average molecular weight is 229 g/mol. The van der Waals surface area contributed by atoms with Crippen molar-refractivity contribution in [2.24, 2.45) is 11.3 Å². The zero-order valence-electron chi connectivity index (χ0n) is 10.0. The number of ether oxygens (including phenoxy) is 1. The number of hydrogen-bond acceptors (Lipinski definition) is 3. The molecule has 0 spiro atoms. The molecule has 5 nitrogen and oxygen atoms in total. The summed E-state index contributed by atoms with van der Waals surface area (Å²) in [6.07, 6.45) is -0.402. The maximum Gasteiger partial charge on any atom is 0.407 e. The first-order chi connectivity index (χ1) is 7.29. The third kappa shape index (κ3) is 3.72. The van der Waals surface area contributed by atoms with E-state index in [1.165, 1.54) is 4.90 Å². The number of hydrogen-bond donors (Lipinski definition) is 1. The van der Waals surface area contributed by atoms with Gasteiger partial charge in [-0.3, -0.25) is 4.79 Å². The molecule has 0 radical (unpaired) electrons. The number of rotatable bonds is 2. The normalized spacial score (nSPS) is 20.9. The lowest BCUT2D eigenvalue weighted by atomic mass is 9.98. The third-order valence-electron chi connectivity index (χ3n) is 2.44. The van der Waals surface area contributed by atoms with Gasteiger partial charge in [-0.25, -0.2) is 4.79 Å². The zero-order chi connectivity index (χ0) is 12.3. The van der Waals surface area contributed by atoms with Gasteiger partial charge in [0.05, 0.1) is 12.5 Å². The maximum atomic E-state index is 11.6. The second kappa shape index (κ2) is 4.72. The molecular weight excluding hydrogens is 210 g/mol. The van der Waals surface area contributed by atoms with Crippen LogP contribution >= 0.6 is 0 Å². The molecule has 0 aromatic carbocycles. The molecule has 1 rings (SSSR count). The predicted molar refractivity (Wildman–Crippen MR) is 58.1 cm³/mol. The summed E-state index contributed by atoms with van der Waals surface area (Å²) in [6, 6.07) is 0. The van der Waals surface area contributed by atoms with Crippen molar-refractivity contribution in [3.8, 4) is 0 Å². The molecule has 0 aromatic rings. The highest BCUT2D eigenvalue weighted by Gasteiger charge is 2.32. The Morgan fingerprint density at radius 3 is 2.50 bits per heavy atom. The zero-order valence-corrected chi connectivity index (χ0v) is 10.0. The number of amides is 1. The predicted octanol–water partition coefficient (Wildman–Crippen LogP) is 1.58. The SMILES string of the molecule is CC(C)(C)COC(=O)C1CCN(C(=O)O)C1. The summed E-state index contributed by atoms with van der Waals surface area (Å²) in [7, 11) is 0. The van der Waals surface area contributed by atoms with Crippen LogP contribution in [-0.2, 0) is 9.53 Å². The summed E-state index contributed by atoms with van der Waals surface area (Å²) < 4.78 is 5.16. The lowest BCUT2D eigenvalue weighted by molar-refractivity contribution is -0.150. The molecule has 0 saturated carbocycles. The monoisotopic (exact) mass is 229 g/mol. The Hall–Kier alpha value is -1.26. The van der Waals surface area contributed by atoms with Crippen molar-refractivity contribution in [1.29, 1.82) is 0 Å². The van der Waals surface area contributed by atoms with Crippen LogP contribution in [0.5, 0.6) is 0 Å². The smallest absolute Gasteiger partial charge is 0.407 e. The Labute approximate surface area is 95.4 Å². The number of carboxylic acid groups (broad SMARTS) is 1. The van der Waals surface area contributed by atoms with Gasteiger partial charge < -0.3 is 14.7 Å². The van der Waals surface area contributed by atoms with Crippen LogP contribution in [0.3, 0.4) is 0 Å². The fourth-order valence-corrected chi connectivity index (χ4v) is 1.53. The maximum absolute atomic E-state index is 11.6. The summed E-state index contributed by atoms with van der Waals surface area (Å²) in [6.45, 7) is 7.01. The Morgan fingerprint density at radius 1 is 1.44 bits per heavy atom. The molecule has 1 N–H and O–H groups in total. The van der Waals surface area contributed by atoms with Gasteiger partial charge in [0.25, 0.3) is 0 Å². The van der Waals surface area contributed by atoms with Crippen LogP contribution in [0.4, 0.5) is 4.79 Å². The van der Waals surface area contributed by atoms with E-state index in [1.54, 1.807) is 0 Å². The summed E-state index contributed by atoms with van der Waals surface area (Å²) in [5.74, 6) is -0.572. The largest absolute Gasteiger partial charge is 0.465 e. The summed E-state index contributed by atoms with van der Waals surface area (Å²) in [5.41, 5.74) is -0.0548. The molecule has 1 amide bonds. The Kier molecular flexibility index (Phi) is 3.78. The molecule has 0 aromatic heterocycles. The van der Waals surface area contributed by atoms with Gasteiger partial charge in [-0.1, -0.05) is 20.8 Å². The van der Waals surface area contributed by atoms with Gasteiger partial charge in [-0.2, -0.15) is 0 Å². The van der Waals surface area contributed by atoms with Gasteiger partial charge >= 0.3 is 12.1 Å². The van der Waals surface area contributed by atoms with Gasteiger partial charge in [-0.05, 0) is 11.8 Å². The molecule has 1 fully saturated rings. The quantitative estimate of drug-likeness (QED) is 0.730. The van der Waals surface area contributed by atoms with Crippen LogP contribution in [0.1, 0.15) is 27.2 Å². The molecule has 92 valence electrons. The minimum Gasteiger partial charge on any atom is -0.465 e. The first kappa shape index (κ1) is 12.8. The number of carbonyl (C=O) groups excluding carboxylic acids is 1. The van der Waals surface area contributed by atoms with Crippen LogP contribution in [0.25, 0.3) is 0 Å². The van der Waals surface area contributed by atoms with E-state index >= 15 is 0 Å². The van der Waals surface area contributed by atoms with Crippen LogP contribution in [0.15, 0.2) is 0 Å².